The Balaban J connectivity index is 4.19. The number of ether oxygens (including phenoxy) is 1. The molecule has 0 spiro atoms. The zero-order valence-corrected chi connectivity index (χ0v) is 7.88. The Morgan fingerprint density at radius 1 is 1.25 bits per heavy atom. The number of hydrogen-bond donors (Lipinski definition) is 0. The lowest BCUT2D eigenvalue weighted by Crippen LogP contribution is -2.13. The van der Waals surface area contributed by atoms with E-state index in [0.717, 1.165) is 0 Å². The third-order valence-corrected chi connectivity index (χ3v) is 1.12. The van der Waals surface area contributed by atoms with Crippen LogP contribution in [0.5, 0.6) is 0 Å². The van der Waals surface area contributed by atoms with Crippen LogP contribution in [-0.2, 0) is 14.3 Å². The number of esters is 1. The molecular weight excluding hydrogens is 156 g/mol. The second-order valence-corrected chi connectivity index (χ2v) is 3.56. The van der Waals surface area contributed by atoms with Gasteiger partial charge in [0, 0.05) is 0 Å². The van der Waals surface area contributed by atoms with Gasteiger partial charge in [0.05, 0.1) is 7.11 Å². The van der Waals surface area contributed by atoms with Gasteiger partial charge in [0.15, 0.2) is 0 Å². The normalized spacial score (nSPS) is 11.7. The maximum Gasteiger partial charge on any atom is 0.378 e. The smallest absolute Gasteiger partial charge is 0.378 e. The molecule has 12 heavy (non-hydrogen) atoms. The third-order valence-electron chi connectivity index (χ3n) is 1.12. The van der Waals surface area contributed by atoms with Crippen molar-refractivity contribution in [3.05, 3.63) is 12.2 Å². The van der Waals surface area contributed by atoms with E-state index >= 15 is 0 Å². The minimum atomic E-state index is -0.824. The first-order valence-electron chi connectivity index (χ1n) is 3.68. The number of carbonyl (C=O) groups excluding carboxylic acids is 2. The molecule has 0 aliphatic carbocycles. The molecule has 3 nitrogen and oxygen atoms in total. The van der Waals surface area contributed by atoms with E-state index in [-0.39, 0.29) is 5.41 Å². The van der Waals surface area contributed by atoms with Crippen LogP contribution < -0.4 is 0 Å². The SMILES string of the molecule is COC(=O)C(=O)/C=C/C(C)(C)C. The lowest BCUT2D eigenvalue weighted by Gasteiger charge is -2.10. The van der Waals surface area contributed by atoms with Crippen LogP contribution in [0.15, 0.2) is 12.2 Å². The van der Waals surface area contributed by atoms with E-state index in [1.807, 2.05) is 20.8 Å². The standard InChI is InChI=1S/C9H14O3/c1-9(2,3)6-5-7(10)8(11)12-4/h5-6H,1-4H3/b6-5+. The molecule has 0 atom stereocenters. The average molecular weight is 170 g/mol. The van der Waals surface area contributed by atoms with Crippen LogP contribution in [0.2, 0.25) is 0 Å². The largest absolute Gasteiger partial charge is 0.463 e. The topological polar surface area (TPSA) is 43.4 Å². The van der Waals surface area contributed by atoms with Crippen LogP contribution in [-0.4, -0.2) is 18.9 Å². The summed E-state index contributed by atoms with van der Waals surface area (Å²) in [6.07, 6.45) is 2.91. The summed E-state index contributed by atoms with van der Waals surface area (Å²) in [5.41, 5.74) is -0.0936. The first-order chi connectivity index (χ1) is 5.37. The number of rotatable bonds is 2. The highest BCUT2D eigenvalue weighted by molar-refractivity contribution is 6.38. The highest BCUT2D eigenvalue weighted by atomic mass is 16.5. The van der Waals surface area contributed by atoms with E-state index in [0.29, 0.717) is 0 Å². The molecule has 0 heterocycles. The molecule has 0 aliphatic rings. The molecule has 0 radical (unpaired) electrons. The molecule has 0 unspecified atom stereocenters. The van der Waals surface area contributed by atoms with E-state index in [4.69, 9.17) is 0 Å². The number of ketones is 1. The summed E-state index contributed by atoms with van der Waals surface area (Å²) in [5, 5.41) is 0. The fraction of sp³-hybridized carbons (Fsp3) is 0.556. The Labute approximate surface area is 72.4 Å². The number of carbonyl (C=O) groups is 2. The predicted octanol–water partition coefficient (Wildman–Crippen LogP) is 1.33. The van der Waals surface area contributed by atoms with Gasteiger partial charge in [-0.05, 0) is 11.5 Å². The molecule has 3 heteroatoms. The average Bonchev–Trinajstić information content (AvgIpc) is 1.97. The number of allylic oxidation sites excluding steroid dienone is 1. The fourth-order valence-corrected chi connectivity index (χ4v) is 0.494. The molecule has 0 aromatic carbocycles. The second kappa shape index (κ2) is 4.04. The lowest BCUT2D eigenvalue weighted by atomic mass is 9.96. The van der Waals surface area contributed by atoms with Gasteiger partial charge >= 0.3 is 5.97 Å². The molecule has 0 saturated carbocycles. The molecule has 68 valence electrons. The number of hydrogen-bond acceptors (Lipinski definition) is 3. The summed E-state index contributed by atoms with van der Waals surface area (Å²) in [7, 11) is 1.19. The Morgan fingerprint density at radius 3 is 2.08 bits per heavy atom. The first-order valence-corrected chi connectivity index (χ1v) is 3.68. The minimum absolute atomic E-state index is 0.0936. The summed E-state index contributed by atoms with van der Waals surface area (Å²) < 4.78 is 4.24. The van der Waals surface area contributed by atoms with Gasteiger partial charge in [0.2, 0.25) is 0 Å². The maximum atomic E-state index is 10.9. The van der Waals surface area contributed by atoms with Crippen molar-refractivity contribution >= 4 is 11.8 Å². The molecule has 0 bridgehead atoms. The Kier molecular flexibility index (Phi) is 3.67. The van der Waals surface area contributed by atoms with Crippen LogP contribution in [0.3, 0.4) is 0 Å². The quantitative estimate of drug-likeness (QED) is 0.357. The molecule has 0 aliphatic heterocycles. The predicted molar refractivity (Wildman–Crippen MR) is 45.6 cm³/mol. The highest BCUT2D eigenvalue weighted by Crippen LogP contribution is 2.14. The van der Waals surface area contributed by atoms with E-state index in [1.54, 1.807) is 6.08 Å². The lowest BCUT2D eigenvalue weighted by molar-refractivity contribution is -0.149. The van der Waals surface area contributed by atoms with E-state index in [1.165, 1.54) is 13.2 Å². The Morgan fingerprint density at radius 2 is 1.75 bits per heavy atom. The number of methoxy groups -OCH3 is 1. The molecule has 0 amide bonds. The van der Waals surface area contributed by atoms with Gasteiger partial charge in [-0.25, -0.2) is 4.79 Å². The summed E-state index contributed by atoms with van der Waals surface area (Å²) in [6, 6.07) is 0. The van der Waals surface area contributed by atoms with Crippen molar-refractivity contribution in [2.45, 2.75) is 20.8 Å². The monoisotopic (exact) mass is 170 g/mol. The van der Waals surface area contributed by atoms with Crippen LogP contribution in [0.25, 0.3) is 0 Å². The molecule has 0 aromatic heterocycles. The van der Waals surface area contributed by atoms with Crippen LogP contribution in [0.1, 0.15) is 20.8 Å². The molecule has 0 saturated heterocycles. The van der Waals surface area contributed by atoms with Crippen LogP contribution in [0.4, 0.5) is 0 Å². The maximum absolute atomic E-state index is 10.9. The summed E-state index contributed by atoms with van der Waals surface area (Å²) in [5.74, 6) is -1.44. The Bertz CT molecular complexity index is 208. The van der Waals surface area contributed by atoms with Crippen molar-refractivity contribution in [2.75, 3.05) is 7.11 Å². The van der Waals surface area contributed by atoms with Gasteiger partial charge < -0.3 is 4.74 Å². The van der Waals surface area contributed by atoms with Crippen molar-refractivity contribution in [2.24, 2.45) is 5.41 Å². The zero-order chi connectivity index (χ0) is 9.78. The highest BCUT2D eigenvalue weighted by Gasteiger charge is 2.11. The van der Waals surface area contributed by atoms with Crippen LogP contribution in [0, 0.1) is 5.41 Å². The molecular formula is C9H14O3. The van der Waals surface area contributed by atoms with Gasteiger partial charge in [-0.1, -0.05) is 26.8 Å². The van der Waals surface area contributed by atoms with Gasteiger partial charge in [0.1, 0.15) is 0 Å². The van der Waals surface area contributed by atoms with E-state index < -0.39 is 11.8 Å². The van der Waals surface area contributed by atoms with Gasteiger partial charge in [0.25, 0.3) is 5.78 Å². The van der Waals surface area contributed by atoms with Crippen LogP contribution >= 0.6 is 0 Å². The minimum Gasteiger partial charge on any atom is -0.463 e. The zero-order valence-electron chi connectivity index (χ0n) is 7.88. The molecule has 0 rings (SSSR count). The van der Waals surface area contributed by atoms with Crippen molar-refractivity contribution in [1.29, 1.82) is 0 Å². The van der Waals surface area contributed by atoms with Crippen molar-refractivity contribution in [1.82, 2.24) is 0 Å². The second-order valence-electron chi connectivity index (χ2n) is 3.56. The van der Waals surface area contributed by atoms with E-state index in [2.05, 4.69) is 4.74 Å². The Hall–Kier alpha value is -1.12. The molecule has 0 fully saturated rings. The summed E-state index contributed by atoms with van der Waals surface area (Å²) >= 11 is 0. The summed E-state index contributed by atoms with van der Waals surface area (Å²) in [6.45, 7) is 5.82. The van der Waals surface area contributed by atoms with Crippen molar-refractivity contribution < 1.29 is 14.3 Å². The summed E-state index contributed by atoms with van der Waals surface area (Å²) in [4.78, 5) is 21.5. The fourth-order valence-electron chi connectivity index (χ4n) is 0.494. The van der Waals surface area contributed by atoms with Gasteiger partial charge in [-0.15, -0.1) is 0 Å². The van der Waals surface area contributed by atoms with E-state index in [9.17, 15) is 9.59 Å². The van der Waals surface area contributed by atoms with Gasteiger partial charge in [-0.2, -0.15) is 0 Å². The van der Waals surface area contributed by atoms with Crippen molar-refractivity contribution in [3.63, 3.8) is 0 Å². The first kappa shape index (κ1) is 10.9. The third kappa shape index (κ3) is 4.66. The molecule has 0 N–H and O–H groups in total. The molecule has 0 aromatic rings. The van der Waals surface area contributed by atoms with Crippen molar-refractivity contribution in [3.8, 4) is 0 Å². The van der Waals surface area contributed by atoms with Gasteiger partial charge in [-0.3, -0.25) is 4.79 Å².